The van der Waals surface area contributed by atoms with E-state index in [0.29, 0.717) is 30.4 Å². The fraction of sp³-hybridized carbons (Fsp3) is 0.769. The number of carbonyl (C=O) groups excluding carboxylic acids is 2. The van der Waals surface area contributed by atoms with Gasteiger partial charge in [0.1, 0.15) is 0 Å². The molecule has 0 aliphatic heterocycles. The minimum absolute atomic E-state index is 0.0552. The van der Waals surface area contributed by atoms with Gasteiger partial charge in [0, 0.05) is 26.6 Å². The molecule has 0 aromatic carbocycles. The Hall–Kier alpha value is -1.21. The van der Waals surface area contributed by atoms with Gasteiger partial charge in [-0.1, -0.05) is 26.1 Å². The molecule has 0 heterocycles. The first-order chi connectivity index (χ1) is 9.22. The highest BCUT2D eigenvalue weighted by Gasteiger charge is 2.14. The number of likely N-dealkylation sites (N-methyl/N-ethyl adjacent to an activating group) is 2. The molecule has 0 aliphatic carbocycles. The Morgan fingerprint density at radius 3 is 2.35 bits per heavy atom. The molecule has 0 aromatic rings. The highest BCUT2D eigenvalue weighted by molar-refractivity contribution is 7.80. The zero-order valence-electron chi connectivity index (χ0n) is 12.8. The molecule has 0 fully saturated rings. The van der Waals surface area contributed by atoms with Crippen LogP contribution in [0.1, 0.15) is 20.3 Å². The zero-order chi connectivity index (χ0) is 15.7. The van der Waals surface area contributed by atoms with Gasteiger partial charge in [0.15, 0.2) is 0 Å². The van der Waals surface area contributed by atoms with E-state index in [9.17, 15) is 9.59 Å². The quantitative estimate of drug-likeness (QED) is 0.578. The molecule has 0 radical (unpaired) electrons. The second kappa shape index (κ2) is 9.66. The van der Waals surface area contributed by atoms with E-state index in [4.69, 9.17) is 18.0 Å². The van der Waals surface area contributed by atoms with E-state index in [0.717, 1.165) is 0 Å². The molecule has 6 nitrogen and oxygen atoms in total. The topological polar surface area (TPSA) is 78.7 Å². The molecule has 0 saturated heterocycles. The standard InChI is InChI=1S/C13H26N4O2S/c1-10(2)7-15-12(18)8-16(3)9-13(19)17(4)6-5-11(14)20/h10H,5-9H2,1-4H3,(H2,14,20)(H,15,18). The molecular formula is C13H26N4O2S. The fourth-order valence-electron chi connectivity index (χ4n) is 1.43. The molecule has 0 rings (SSSR count). The first-order valence-electron chi connectivity index (χ1n) is 6.69. The van der Waals surface area contributed by atoms with Crippen LogP contribution in [0.5, 0.6) is 0 Å². The van der Waals surface area contributed by atoms with Crippen molar-refractivity contribution in [3.05, 3.63) is 0 Å². The van der Waals surface area contributed by atoms with Crippen LogP contribution in [0.2, 0.25) is 0 Å². The van der Waals surface area contributed by atoms with Gasteiger partial charge in [-0.25, -0.2) is 0 Å². The van der Waals surface area contributed by atoms with E-state index in [1.54, 1.807) is 23.9 Å². The maximum atomic E-state index is 11.9. The monoisotopic (exact) mass is 302 g/mol. The lowest BCUT2D eigenvalue weighted by Crippen LogP contribution is -2.42. The van der Waals surface area contributed by atoms with E-state index in [1.807, 2.05) is 13.8 Å². The van der Waals surface area contributed by atoms with Crippen LogP contribution >= 0.6 is 12.2 Å². The van der Waals surface area contributed by atoms with Crippen LogP contribution in [0.3, 0.4) is 0 Å². The summed E-state index contributed by atoms with van der Waals surface area (Å²) in [5, 5.41) is 2.82. The molecule has 3 N–H and O–H groups in total. The summed E-state index contributed by atoms with van der Waals surface area (Å²) in [6, 6.07) is 0. The lowest BCUT2D eigenvalue weighted by molar-refractivity contribution is -0.131. The SMILES string of the molecule is CC(C)CNC(=O)CN(C)CC(=O)N(C)CCC(N)=S. The molecule has 0 atom stereocenters. The number of nitrogens with zero attached hydrogens (tertiary/aromatic N) is 2. The van der Waals surface area contributed by atoms with Crippen molar-refractivity contribution in [1.29, 1.82) is 0 Å². The Labute approximate surface area is 126 Å². The molecule has 7 heteroatoms. The van der Waals surface area contributed by atoms with Gasteiger partial charge in [-0.2, -0.15) is 0 Å². The number of amides is 2. The van der Waals surface area contributed by atoms with Gasteiger partial charge in [0.25, 0.3) is 0 Å². The molecule has 0 unspecified atom stereocenters. The number of rotatable bonds is 9. The van der Waals surface area contributed by atoms with Crippen molar-refractivity contribution in [2.45, 2.75) is 20.3 Å². The number of nitrogens with one attached hydrogen (secondary N) is 1. The lowest BCUT2D eigenvalue weighted by atomic mass is 10.2. The van der Waals surface area contributed by atoms with Crippen LogP contribution in [0.15, 0.2) is 0 Å². The van der Waals surface area contributed by atoms with Gasteiger partial charge in [0.2, 0.25) is 11.8 Å². The molecule has 2 amide bonds. The van der Waals surface area contributed by atoms with Crippen molar-refractivity contribution in [2.75, 3.05) is 40.3 Å². The first kappa shape index (κ1) is 18.8. The van der Waals surface area contributed by atoms with E-state index in [-0.39, 0.29) is 24.9 Å². The third kappa shape index (κ3) is 9.69. The smallest absolute Gasteiger partial charge is 0.236 e. The molecule has 0 bridgehead atoms. The Morgan fingerprint density at radius 1 is 1.25 bits per heavy atom. The zero-order valence-corrected chi connectivity index (χ0v) is 13.6. The molecule has 116 valence electrons. The molecule has 20 heavy (non-hydrogen) atoms. The van der Waals surface area contributed by atoms with E-state index in [2.05, 4.69) is 5.32 Å². The summed E-state index contributed by atoms with van der Waals surface area (Å²) in [5.41, 5.74) is 5.40. The van der Waals surface area contributed by atoms with Crippen molar-refractivity contribution >= 4 is 29.0 Å². The molecule has 0 aliphatic rings. The normalized spacial score (nSPS) is 10.7. The third-order valence-corrected chi connectivity index (χ3v) is 2.85. The minimum atomic E-state index is -0.0696. The number of hydrogen-bond acceptors (Lipinski definition) is 4. The maximum Gasteiger partial charge on any atom is 0.236 e. The molecule has 0 aromatic heterocycles. The summed E-state index contributed by atoms with van der Waals surface area (Å²) in [4.78, 5) is 27.2. The minimum Gasteiger partial charge on any atom is -0.393 e. The number of nitrogens with two attached hydrogens (primary N) is 1. The van der Waals surface area contributed by atoms with E-state index >= 15 is 0 Å². The summed E-state index contributed by atoms with van der Waals surface area (Å²) >= 11 is 4.77. The second-order valence-electron chi connectivity index (χ2n) is 5.40. The highest BCUT2D eigenvalue weighted by Crippen LogP contribution is 1.93. The summed E-state index contributed by atoms with van der Waals surface area (Å²) in [6.07, 6.45) is 0.510. The van der Waals surface area contributed by atoms with Crippen LogP contribution in [-0.2, 0) is 9.59 Å². The molecular weight excluding hydrogens is 276 g/mol. The summed E-state index contributed by atoms with van der Waals surface area (Å²) in [6.45, 7) is 5.62. The van der Waals surface area contributed by atoms with Crippen molar-refractivity contribution in [2.24, 2.45) is 11.7 Å². The van der Waals surface area contributed by atoms with E-state index < -0.39 is 0 Å². The van der Waals surface area contributed by atoms with Gasteiger partial charge in [-0.15, -0.1) is 0 Å². The predicted molar refractivity (Wildman–Crippen MR) is 84.4 cm³/mol. The predicted octanol–water partition coefficient (Wildman–Crippen LogP) is -0.175. The van der Waals surface area contributed by atoms with Crippen LogP contribution in [0.4, 0.5) is 0 Å². The molecule has 0 saturated carbocycles. The average molecular weight is 302 g/mol. The maximum absolute atomic E-state index is 11.9. The lowest BCUT2D eigenvalue weighted by Gasteiger charge is -2.21. The summed E-state index contributed by atoms with van der Waals surface area (Å²) in [7, 11) is 3.45. The summed E-state index contributed by atoms with van der Waals surface area (Å²) in [5.74, 6) is 0.289. The van der Waals surface area contributed by atoms with Crippen molar-refractivity contribution in [1.82, 2.24) is 15.1 Å². The Balaban J connectivity index is 4.00. The Kier molecular flexibility index (Phi) is 9.07. The third-order valence-electron chi connectivity index (χ3n) is 2.65. The average Bonchev–Trinajstić information content (AvgIpc) is 2.32. The van der Waals surface area contributed by atoms with Crippen molar-refractivity contribution in [3.63, 3.8) is 0 Å². The summed E-state index contributed by atoms with van der Waals surface area (Å²) < 4.78 is 0. The van der Waals surface area contributed by atoms with Gasteiger partial charge in [-0.3, -0.25) is 14.5 Å². The van der Waals surface area contributed by atoms with Crippen LogP contribution in [0.25, 0.3) is 0 Å². The highest BCUT2D eigenvalue weighted by atomic mass is 32.1. The van der Waals surface area contributed by atoms with Crippen LogP contribution < -0.4 is 11.1 Å². The van der Waals surface area contributed by atoms with Crippen molar-refractivity contribution < 1.29 is 9.59 Å². The van der Waals surface area contributed by atoms with Gasteiger partial charge >= 0.3 is 0 Å². The van der Waals surface area contributed by atoms with Crippen LogP contribution in [0, 0.1) is 5.92 Å². The number of thiocarbonyl (C=S) groups is 1. The first-order valence-corrected chi connectivity index (χ1v) is 7.10. The Bertz CT molecular complexity index is 347. The van der Waals surface area contributed by atoms with Crippen molar-refractivity contribution in [3.8, 4) is 0 Å². The number of hydrogen-bond donors (Lipinski definition) is 2. The largest absolute Gasteiger partial charge is 0.393 e. The number of carbonyl (C=O) groups is 2. The van der Waals surface area contributed by atoms with Gasteiger partial charge in [-0.05, 0) is 13.0 Å². The second-order valence-corrected chi connectivity index (χ2v) is 5.93. The van der Waals surface area contributed by atoms with Gasteiger partial charge < -0.3 is 16.0 Å². The van der Waals surface area contributed by atoms with Gasteiger partial charge in [0.05, 0.1) is 18.1 Å². The van der Waals surface area contributed by atoms with E-state index in [1.165, 1.54) is 0 Å². The fourth-order valence-corrected chi connectivity index (χ4v) is 1.52. The Morgan fingerprint density at radius 2 is 1.85 bits per heavy atom. The molecule has 0 spiro atoms. The van der Waals surface area contributed by atoms with Crippen LogP contribution in [-0.4, -0.2) is 66.9 Å².